The third kappa shape index (κ3) is 5.83. The fourth-order valence-electron chi connectivity index (χ4n) is 1.23. The summed E-state index contributed by atoms with van der Waals surface area (Å²) in [5, 5.41) is 11.3. The Bertz CT molecular complexity index is 516. The number of anilines is 1. The van der Waals surface area contributed by atoms with Gasteiger partial charge in [-0.3, -0.25) is 4.79 Å². The van der Waals surface area contributed by atoms with Gasteiger partial charge in [0, 0.05) is 4.90 Å². The van der Waals surface area contributed by atoms with Crippen molar-refractivity contribution in [3.63, 3.8) is 0 Å². The summed E-state index contributed by atoms with van der Waals surface area (Å²) in [4.78, 5) is 12.3. The number of halogens is 5. The van der Waals surface area contributed by atoms with Crippen LogP contribution in [0.3, 0.4) is 0 Å². The molecule has 0 fully saturated rings. The molecule has 1 amide bonds. The van der Waals surface area contributed by atoms with Crippen molar-refractivity contribution < 1.29 is 38.2 Å². The van der Waals surface area contributed by atoms with Crippen molar-refractivity contribution in [2.24, 2.45) is 0 Å². The van der Waals surface area contributed by atoms with Crippen molar-refractivity contribution in [1.82, 2.24) is 0 Å². The normalized spacial score (nSPS) is 13.7. The number of carbonyl (C=O) groups excluding carboxylic acids is 1. The van der Waals surface area contributed by atoms with E-state index in [1.807, 2.05) is 12.2 Å². The van der Waals surface area contributed by atoms with Gasteiger partial charge in [0.15, 0.2) is 0 Å². The van der Waals surface area contributed by atoms with Gasteiger partial charge in [0.05, 0.1) is 10.7 Å². The van der Waals surface area contributed by atoms with Gasteiger partial charge in [-0.2, -0.15) is 13.2 Å². The van der Waals surface area contributed by atoms with Crippen LogP contribution >= 0.6 is 33.5 Å². The Labute approximate surface area is 148 Å². The molecular formula is C12H13Cl2CuF3NO2S. The number of carbonyl (C=O) groups is 1. The monoisotopic (exact) mass is 425 g/mol. The third-order valence-electron chi connectivity index (χ3n) is 2.49. The van der Waals surface area contributed by atoms with Gasteiger partial charge in [0.1, 0.15) is 0 Å². The second-order valence-corrected chi connectivity index (χ2v) is 5.84. The van der Waals surface area contributed by atoms with Gasteiger partial charge in [-0.1, -0.05) is 18.5 Å². The fraction of sp³-hybridized carbons (Fsp3) is 0.417. The van der Waals surface area contributed by atoms with Gasteiger partial charge < -0.3 is 10.4 Å². The first-order valence-corrected chi connectivity index (χ1v) is 8.39. The summed E-state index contributed by atoms with van der Waals surface area (Å²) in [6, 6.07) is 4.55. The SMILES string of the molecule is CCSc1ccc(NC(=O)[C@@](C)(O)C(F)(F)F)c(Cl)c1.[Cl][Cu]. The van der Waals surface area contributed by atoms with E-state index in [9.17, 15) is 23.1 Å². The molecule has 1 aromatic rings. The second kappa shape index (κ2) is 9.25. The Morgan fingerprint density at radius 1 is 1.41 bits per heavy atom. The van der Waals surface area contributed by atoms with Crippen molar-refractivity contribution in [2.45, 2.75) is 30.5 Å². The molecule has 1 atom stereocenters. The summed E-state index contributed by atoms with van der Waals surface area (Å²) in [5.41, 5.74) is -3.46. The van der Waals surface area contributed by atoms with Gasteiger partial charge in [0.25, 0.3) is 5.91 Å². The first kappa shape index (κ1) is 21.9. The molecule has 0 spiro atoms. The van der Waals surface area contributed by atoms with Crippen molar-refractivity contribution in [3.8, 4) is 0 Å². The Kier molecular flexibility index (Phi) is 9.20. The molecule has 0 aromatic heterocycles. The zero-order valence-corrected chi connectivity index (χ0v) is 14.7. The van der Waals surface area contributed by atoms with Crippen LogP contribution in [0.4, 0.5) is 18.9 Å². The first-order chi connectivity index (χ1) is 10.1. The van der Waals surface area contributed by atoms with Crippen LogP contribution in [0.2, 0.25) is 5.02 Å². The van der Waals surface area contributed by atoms with Crippen molar-refractivity contribution in [1.29, 1.82) is 0 Å². The van der Waals surface area contributed by atoms with Gasteiger partial charge in [-0.15, -0.1) is 11.8 Å². The molecule has 0 saturated heterocycles. The quantitative estimate of drug-likeness (QED) is 0.554. The number of hydrogen-bond donors (Lipinski definition) is 2. The molecule has 0 aliphatic heterocycles. The Morgan fingerprint density at radius 2 is 1.95 bits per heavy atom. The van der Waals surface area contributed by atoms with Crippen LogP contribution in [0, 0.1) is 0 Å². The third-order valence-corrected chi connectivity index (χ3v) is 3.68. The number of alkyl halides is 3. The van der Waals surface area contributed by atoms with Gasteiger partial charge >= 0.3 is 31.4 Å². The molecular weight excluding hydrogens is 414 g/mol. The van der Waals surface area contributed by atoms with Gasteiger partial charge in [0.2, 0.25) is 5.60 Å². The Morgan fingerprint density at radius 3 is 2.36 bits per heavy atom. The average Bonchev–Trinajstić information content (AvgIpc) is 2.43. The number of amides is 1. The number of aliphatic hydroxyl groups is 1. The predicted octanol–water partition coefficient (Wildman–Crippen LogP) is 4.39. The number of hydrogen-bond acceptors (Lipinski definition) is 3. The van der Waals surface area contributed by atoms with E-state index in [1.165, 1.54) is 23.9 Å². The van der Waals surface area contributed by atoms with Crippen LogP contribution in [0.15, 0.2) is 23.1 Å². The van der Waals surface area contributed by atoms with Crippen LogP contribution in [0.25, 0.3) is 0 Å². The summed E-state index contributed by atoms with van der Waals surface area (Å²) < 4.78 is 37.5. The van der Waals surface area contributed by atoms with E-state index in [0.717, 1.165) is 10.6 Å². The van der Waals surface area contributed by atoms with Gasteiger partial charge in [-0.25, -0.2) is 0 Å². The number of nitrogens with one attached hydrogen (secondary N) is 1. The number of thioether (sulfide) groups is 1. The van der Waals surface area contributed by atoms with Crippen molar-refractivity contribution in [3.05, 3.63) is 23.2 Å². The van der Waals surface area contributed by atoms with Crippen molar-refractivity contribution in [2.75, 3.05) is 11.1 Å². The molecule has 3 nitrogen and oxygen atoms in total. The average molecular weight is 427 g/mol. The van der Waals surface area contributed by atoms with E-state index in [2.05, 4.69) is 25.2 Å². The van der Waals surface area contributed by atoms with E-state index in [4.69, 9.17) is 11.6 Å². The fourth-order valence-corrected chi connectivity index (χ4v) is 2.22. The van der Waals surface area contributed by atoms with E-state index in [-0.39, 0.29) is 10.7 Å². The van der Waals surface area contributed by atoms with Crippen LogP contribution in [0.5, 0.6) is 0 Å². The molecule has 1 aromatic carbocycles. The van der Waals surface area contributed by atoms with E-state index in [0.29, 0.717) is 6.92 Å². The first-order valence-electron chi connectivity index (χ1n) is 5.74. The molecule has 0 bridgehead atoms. The topological polar surface area (TPSA) is 49.3 Å². The molecule has 130 valence electrons. The van der Waals surface area contributed by atoms with Crippen LogP contribution in [0.1, 0.15) is 13.8 Å². The summed E-state index contributed by atoms with van der Waals surface area (Å²) in [6.45, 7) is 2.33. The van der Waals surface area contributed by atoms with Crippen LogP contribution < -0.4 is 5.32 Å². The molecule has 0 saturated carbocycles. The Balaban J connectivity index is 0.00000211. The summed E-state index contributed by atoms with van der Waals surface area (Å²) >= 11 is 11.0. The second-order valence-electron chi connectivity index (χ2n) is 4.10. The summed E-state index contributed by atoms with van der Waals surface area (Å²) in [7, 11) is 4.20. The molecule has 1 rings (SSSR count). The minimum atomic E-state index is -5.07. The molecule has 0 unspecified atom stereocenters. The molecule has 10 heteroatoms. The Hall–Kier alpha value is -0.111. The predicted molar refractivity (Wildman–Crippen MR) is 79.0 cm³/mol. The van der Waals surface area contributed by atoms with Crippen LogP contribution in [-0.2, 0) is 19.9 Å². The van der Waals surface area contributed by atoms with Gasteiger partial charge in [-0.05, 0) is 30.9 Å². The molecule has 0 aliphatic carbocycles. The maximum atomic E-state index is 12.5. The molecule has 0 radical (unpaired) electrons. The summed E-state index contributed by atoms with van der Waals surface area (Å²) in [5.74, 6) is -0.770. The maximum absolute atomic E-state index is 12.5. The standard InChI is InChI=1S/C12H13ClF3NO2S.ClH.Cu/c1-3-20-7-4-5-9(8(13)6-7)17-10(18)11(2,19)12(14,15)16;;/h4-6,19H,3H2,1-2H3,(H,17,18);1H;/q;;+1/p-1/t11-;;/m1../s1. The molecule has 22 heavy (non-hydrogen) atoms. The van der Waals surface area contributed by atoms with E-state index >= 15 is 0 Å². The number of benzene rings is 1. The van der Waals surface area contributed by atoms with E-state index < -0.39 is 17.7 Å². The molecule has 0 aliphatic rings. The molecule has 0 heterocycles. The summed E-state index contributed by atoms with van der Waals surface area (Å²) in [6.07, 6.45) is -5.07. The number of rotatable bonds is 4. The van der Waals surface area contributed by atoms with Crippen molar-refractivity contribution >= 4 is 45.1 Å². The zero-order valence-electron chi connectivity index (χ0n) is 11.4. The zero-order chi connectivity index (χ0) is 17.6. The molecule has 2 N–H and O–H groups in total. The van der Waals surface area contributed by atoms with E-state index in [1.54, 1.807) is 6.07 Å². The van der Waals surface area contributed by atoms with Crippen LogP contribution in [-0.4, -0.2) is 28.5 Å². The minimum absolute atomic E-state index is 0.0154.